The van der Waals surface area contributed by atoms with E-state index in [1.54, 1.807) is 16.8 Å². The predicted molar refractivity (Wildman–Crippen MR) is 136 cm³/mol. The summed E-state index contributed by atoms with van der Waals surface area (Å²) >= 11 is 0. The number of H-pyrrole nitrogens is 1. The van der Waals surface area contributed by atoms with Gasteiger partial charge in [0.2, 0.25) is 0 Å². The molecule has 0 bridgehead atoms. The summed E-state index contributed by atoms with van der Waals surface area (Å²) in [6, 6.07) is 13.7. The zero-order chi connectivity index (χ0) is 25.1. The predicted octanol–water partition coefficient (Wildman–Crippen LogP) is 4.45. The maximum absolute atomic E-state index is 13.5. The van der Waals surface area contributed by atoms with E-state index >= 15 is 0 Å². The van der Waals surface area contributed by atoms with E-state index in [2.05, 4.69) is 32.5 Å². The van der Waals surface area contributed by atoms with Gasteiger partial charge in [-0.3, -0.25) is 9.69 Å². The van der Waals surface area contributed by atoms with Crippen molar-refractivity contribution in [1.29, 1.82) is 0 Å². The van der Waals surface area contributed by atoms with Crippen molar-refractivity contribution < 1.29 is 9.13 Å². The molecule has 2 aromatic carbocycles. The number of tetrazole rings is 1. The molecule has 9 heteroatoms. The molecular formula is C27H31FN6O2. The smallest absolute Gasteiger partial charge is 0.253 e. The second-order valence-electron chi connectivity index (χ2n) is 9.42. The summed E-state index contributed by atoms with van der Waals surface area (Å²) in [5.41, 5.74) is 2.03. The molecule has 4 aromatic rings. The van der Waals surface area contributed by atoms with Crippen LogP contribution in [-0.4, -0.2) is 49.8 Å². The molecule has 0 aliphatic heterocycles. The second kappa shape index (κ2) is 10.6. The van der Waals surface area contributed by atoms with Gasteiger partial charge in [0, 0.05) is 22.5 Å². The van der Waals surface area contributed by atoms with Gasteiger partial charge in [0.05, 0.1) is 13.2 Å². The lowest BCUT2D eigenvalue weighted by atomic mass is 9.92. The Kier molecular flexibility index (Phi) is 7.09. The Morgan fingerprint density at radius 2 is 1.92 bits per heavy atom. The lowest BCUT2D eigenvalue weighted by Gasteiger charge is -2.36. The molecule has 1 fully saturated rings. The highest BCUT2D eigenvalue weighted by molar-refractivity contribution is 5.80. The number of pyridine rings is 1. The SMILES string of the molecule is CCOc1ccc2[nH]c(=O)c(C(c3nnnn3Cc3ccc(F)cc3)N(C)C3CCCCC3)cc2c1. The van der Waals surface area contributed by atoms with E-state index in [0.29, 0.717) is 30.6 Å². The molecular weight excluding hydrogens is 459 g/mol. The standard InChI is InChI=1S/C27H31FN6O2/c1-3-36-22-13-14-24-19(15-22)16-23(27(35)29-24)25(33(2)21-7-5-4-6-8-21)26-30-31-32-34(26)17-18-9-11-20(28)12-10-18/h9-16,21,25H,3-8,17H2,1-2H3,(H,29,35). The molecule has 2 heterocycles. The van der Waals surface area contributed by atoms with Crippen LogP contribution in [0.2, 0.25) is 0 Å². The highest BCUT2D eigenvalue weighted by atomic mass is 19.1. The van der Waals surface area contributed by atoms with Crippen molar-refractivity contribution in [2.24, 2.45) is 0 Å². The second-order valence-corrected chi connectivity index (χ2v) is 9.42. The van der Waals surface area contributed by atoms with Gasteiger partial charge in [0.15, 0.2) is 5.82 Å². The number of fused-ring (bicyclic) bond motifs is 1. The van der Waals surface area contributed by atoms with Crippen molar-refractivity contribution in [3.05, 3.63) is 81.7 Å². The third kappa shape index (κ3) is 5.02. The van der Waals surface area contributed by atoms with Crippen LogP contribution < -0.4 is 10.3 Å². The molecule has 1 unspecified atom stereocenters. The van der Waals surface area contributed by atoms with Gasteiger partial charge in [0.1, 0.15) is 17.6 Å². The summed E-state index contributed by atoms with van der Waals surface area (Å²) in [5, 5.41) is 13.5. The number of nitrogens with zero attached hydrogens (tertiary/aromatic N) is 5. The van der Waals surface area contributed by atoms with Crippen LogP contribution in [-0.2, 0) is 6.54 Å². The zero-order valence-electron chi connectivity index (χ0n) is 20.7. The Bertz CT molecular complexity index is 1380. The molecule has 1 saturated carbocycles. The molecule has 8 nitrogen and oxygen atoms in total. The summed E-state index contributed by atoms with van der Waals surface area (Å²) in [6.07, 6.45) is 5.68. The van der Waals surface area contributed by atoms with Gasteiger partial charge in [-0.15, -0.1) is 5.10 Å². The van der Waals surface area contributed by atoms with Crippen LogP contribution in [0.4, 0.5) is 4.39 Å². The Morgan fingerprint density at radius 1 is 1.14 bits per heavy atom. The van der Waals surface area contributed by atoms with Crippen LogP contribution in [0.25, 0.3) is 10.9 Å². The van der Waals surface area contributed by atoms with Gasteiger partial charge < -0.3 is 9.72 Å². The molecule has 1 atom stereocenters. The molecule has 5 rings (SSSR count). The summed E-state index contributed by atoms with van der Waals surface area (Å²) in [4.78, 5) is 18.7. The first-order valence-corrected chi connectivity index (χ1v) is 12.6. The largest absolute Gasteiger partial charge is 0.494 e. The minimum absolute atomic E-state index is 0.171. The van der Waals surface area contributed by atoms with Gasteiger partial charge in [0.25, 0.3) is 5.56 Å². The molecule has 1 N–H and O–H groups in total. The number of aromatic nitrogens is 5. The summed E-state index contributed by atoms with van der Waals surface area (Å²) in [6.45, 7) is 2.88. The Labute approximate surface area is 209 Å². The topological polar surface area (TPSA) is 88.9 Å². The number of ether oxygens (including phenoxy) is 1. The third-order valence-corrected chi connectivity index (χ3v) is 7.06. The fourth-order valence-electron chi connectivity index (χ4n) is 5.18. The number of rotatable bonds is 8. The third-order valence-electron chi connectivity index (χ3n) is 7.06. The number of benzene rings is 2. The average molecular weight is 491 g/mol. The van der Waals surface area contributed by atoms with Gasteiger partial charge in [-0.05, 0) is 79.2 Å². The van der Waals surface area contributed by atoms with Crippen molar-refractivity contribution >= 4 is 10.9 Å². The normalized spacial score (nSPS) is 15.4. The number of aromatic amines is 1. The number of nitrogens with one attached hydrogen (secondary N) is 1. The zero-order valence-corrected chi connectivity index (χ0v) is 20.7. The van der Waals surface area contributed by atoms with Crippen molar-refractivity contribution in [2.45, 2.75) is 57.7 Å². The first kappa shape index (κ1) is 24.1. The monoisotopic (exact) mass is 490 g/mol. The maximum Gasteiger partial charge on any atom is 0.253 e. The van der Waals surface area contributed by atoms with Crippen LogP contribution in [0.3, 0.4) is 0 Å². The van der Waals surface area contributed by atoms with Crippen molar-refractivity contribution in [3.8, 4) is 5.75 Å². The number of halogens is 1. The van der Waals surface area contributed by atoms with E-state index in [-0.39, 0.29) is 11.4 Å². The van der Waals surface area contributed by atoms with Crippen molar-refractivity contribution in [1.82, 2.24) is 30.1 Å². The first-order chi connectivity index (χ1) is 17.5. The number of hydrogen-bond acceptors (Lipinski definition) is 6. The molecule has 36 heavy (non-hydrogen) atoms. The fraction of sp³-hybridized carbons (Fsp3) is 0.407. The van der Waals surface area contributed by atoms with Crippen LogP contribution in [0.1, 0.15) is 62.0 Å². The highest BCUT2D eigenvalue weighted by Gasteiger charge is 2.33. The molecule has 0 saturated heterocycles. The maximum atomic E-state index is 13.5. The summed E-state index contributed by atoms with van der Waals surface area (Å²) < 4.78 is 20.8. The molecule has 0 amide bonds. The molecule has 0 radical (unpaired) electrons. The van der Waals surface area contributed by atoms with E-state index in [4.69, 9.17) is 4.74 Å². The quantitative estimate of drug-likeness (QED) is 0.392. The average Bonchev–Trinajstić information content (AvgIpc) is 3.34. The molecule has 0 spiro atoms. The summed E-state index contributed by atoms with van der Waals surface area (Å²) in [5.74, 6) is 1.04. The Balaban J connectivity index is 1.60. The van der Waals surface area contributed by atoms with Gasteiger partial charge in [-0.25, -0.2) is 9.07 Å². The van der Waals surface area contributed by atoms with Crippen LogP contribution in [0, 0.1) is 5.82 Å². The minimum Gasteiger partial charge on any atom is -0.494 e. The lowest BCUT2D eigenvalue weighted by Crippen LogP contribution is -2.40. The van der Waals surface area contributed by atoms with Gasteiger partial charge >= 0.3 is 0 Å². The minimum atomic E-state index is -0.451. The Morgan fingerprint density at radius 3 is 2.67 bits per heavy atom. The molecule has 1 aliphatic rings. The van der Waals surface area contributed by atoms with Crippen LogP contribution in [0.5, 0.6) is 5.75 Å². The Hall–Kier alpha value is -3.59. The van der Waals surface area contributed by atoms with Crippen molar-refractivity contribution in [3.63, 3.8) is 0 Å². The molecule has 188 valence electrons. The van der Waals surface area contributed by atoms with Crippen LogP contribution >= 0.6 is 0 Å². The highest BCUT2D eigenvalue weighted by Crippen LogP contribution is 2.32. The van der Waals surface area contributed by atoms with Crippen molar-refractivity contribution in [2.75, 3.05) is 13.7 Å². The van der Waals surface area contributed by atoms with E-state index < -0.39 is 6.04 Å². The number of hydrogen-bond donors (Lipinski definition) is 1. The molecule has 2 aromatic heterocycles. The van der Waals surface area contributed by atoms with Gasteiger partial charge in [-0.2, -0.15) is 0 Å². The van der Waals surface area contributed by atoms with Gasteiger partial charge in [-0.1, -0.05) is 31.4 Å². The van der Waals surface area contributed by atoms with E-state index in [1.807, 2.05) is 31.2 Å². The van der Waals surface area contributed by atoms with E-state index in [1.165, 1.54) is 18.6 Å². The van der Waals surface area contributed by atoms with E-state index in [0.717, 1.165) is 47.9 Å². The van der Waals surface area contributed by atoms with E-state index in [9.17, 15) is 9.18 Å². The fourth-order valence-corrected chi connectivity index (χ4v) is 5.18. The van der Waals surface area contributed by atoms with Crippen LogP contribution in [0.15, 0.2) is 53.3 Å². The lowest BCUT2D eigenvalue weighted by molar-refractivity contribution is 0.149. The molecule has 1 aliphatic carbocycles. The summed E-state index contributed by atoms with van der Waals surface area (Å²) in [7, 11) is 2.05. The first-order valence-electron chi connectivity index (χ1n) is 12.6.